The highest BCUT2D eigenvalue weighted by atomic mass is 79.9. The van der Waals surface area contributed by atoms with Crippen molar-refractivity contribution >= 4 is 64.5 Å². The Morgan fingerprint density at radius 2 is 0.833 bits per heavy atom. The van der Waals surface area contributed by atoms with Crippen molar-refractivity contribution in [1.29, 1.82) is 0 Å². The maximum atomic E-state index is 4.78. The van der Waals surface area contributed by atoms with Gasteiger partial charge in [0.05, 0.1) is 0 Å². The minimum absolute atomic E-state index is 0.720. The van der Waals surface area contributed by atoms with E-state index in [-0.39, 0.29) is 0 Å². The average molecular weight is 636 g/mol. The van der Waals surface area contributed by atoms with Gasteiger partial charge in [0.15, 0.2) is 11.6 Å². The first kappa shape index (κ1) is 21.9. The van der Waals surface area contributed by atoms with E-state index in [1.165, 1.54) is 22.7 Å². The fourth-order valence-corrected chi connectivity index (χ4v) is 6.00. The molecule has 0 unspecified atom stereocenters. The first-order valence-corrected chi connectivity index (χ1v) is 13.9. The average Bonchev–Trinajstić information content (AvgIpc) is 3.66. The zero-order chi connectivity index (χ0) is 24.2. The van der Waals surface area contributed by atoms with Crippen molar-refractivity contribution in [3.05, 3.63) is 81.7 Å². The van der Waals surface area contributed by atoms with Crippen molar-refractivity contribution in [2.75, 3.05) is 0 Å². The summed E-state index contributed by atoms with van der Waals surface area (Å²) < 4.78 is 5.62. The molecular weight excluding hydrogens is 624 g/mol. The van der Waals surface area contributed by atoms with E-state index in [9.17, 15) is 0 Å². The standard InChI is InChI=1S/C24H12Br2N8S2/c25-17-9-5-13(6-10-17)19-27-29-23-33(19)31-21(35-23)15-1-2-16(4-3-15)22-32-34-20(28-30-24(34)36-22)14-7-11-18(26)12-8-14/h1-12H. The molecule has 4 aromatic heterocycles. The number of hydrogen-bond donors (Lipinski definition) is 0. The van der Waals surface area contributed by atoms with Crippen LogP contribution in [0.3, 0.4) is 0 Å². The summed E-state index contributed by atoms with van der Waals surface area (Å²) in [6.45, 7) is 0. The maximum absolute atomic E-state index is 4.78. The van der Waals surface area contributed by atoms with Crippen molar-refractivity contribution < 1.29 is 0 Å². The molecule has 12 heteroatoms. The van der Waals surface area contributed by atoms with Crippen LogP contribution in [-0.4, -0.2) is 39.6 Å². The van der Waals surface area contributed by atoms with Gasteiger partial charge in [0.25, 0.3) is 0 Å². The highest BCUT2D eigenvalue weighted by molar-refractivity contribution is 9.10. The smallest absolute Gasteiger partial charge is 0.182 e. The third kappa shape index (κ3) is 3.77. The van der Waals surface area contributed by atoms with E-state index in [1.54, 1.807) is 9.03 Å². The molecule has 0 aliphatic heterocycles. The lowest BCUT2D eigenvalue weighted by atomic mass is 10.1. The Bertz CT molecular complexity index is 1710. The van der Waals surface area contributed by atoms with Crippen LogP contribution in [0.4, 0.5) is 0 Å². The van der Waals surface area contributed by atoms with E-state index >= 15 is 0 Å². The Morgan fingerprint density at radius 1 is 0.472 bits per heavy atom. The van der Waals surface area contributed by atoms with Crippen LogP contribution in [0.15, 0.2) is 81.7 Å². The summed E-state index contributed by atoms with van der Waals surface area (Å²) in [6, 6.07) is 24.1. The predicted octanol–water partition coefficient (Wildman–Crippen LogP) is 6.88. The van der Waals surface area contributed by atoms with Crippen LogP contribution in [0.25, 0.3) is 53.8 Å². The molecule has 0 fully saturated rings. The quantitative estimate of drug-likeness (QED) is 0.210. The molecule has 7 rings (SSSR count). The van der Waals surface area contributed by atoms with Crippen LogP contribution in [0, 0.1) is 0 Å². The second-order valence-corrected chi connectivity index (χ2v) is 11.6. The molecule has 0 bridgehead atoms. The zero-order valence-corrected chi connectivity index (χ0v) is 22.9. The molecular formula is C24H12Br2N8S2. The lowest BCUT2D eigenvalue weighted by Gasteiger charge is -2.00. The van der Waals surface area contributed by atoms with E-state index in [2.05, 4.69) is 76.5 Å². The molecule has 0 aliphatic carbocycles. The monoisotopic (exact) mass is 634 g/mol. The Balaban J connectivity index is 1.20. The number of benzene rings is 3. The van der Waals surface area contributed by atoms with Crippen molar-refractivity contribution in [2.45, 2.75) is 0 Å². The van der Waals surface area contributed by atoms with Gasteiger partial charge < -0.3 is 0 Å². The molecule has 174 valence electrons. The van der Waals surface area contributed by atoms with Gasteiger partial charge in [-0.3, -0.25) is 0 Å². The number of halogens is 2. The molecule has 0 saturated heterocycles. The minimum atomic E-state index is 0.720. The summed E-state index contributed by atoms with van der Waals surface area (Å²) in [5.74, 6) is 1.44. The highest BCUT2D eigenvalue weighted by Crippen LogP contribution is 2.32. The summed E-state index contributed by atoms with van der Waals surface area (Å²) in [5, 5.41) is 28.6. The van der Waals surface area contributed by atoms with Gasteiger partial charge in [-0.15, -0.1) is 20.4 Å². The van der Waals surface area contributed by atoms with Crippen LogP contribution in [0.5, 0.6) is 0 Å². The molecule has 4 heterocycles. The van der Waals surface area contributed by atoms with Crippen molar-refractivity contribution in [2.24, 2.45) is 0 Å². The van der Waals surface area contributed by atoms with Crippen LogP contribution >= 0.6 is 54.5 Å². The molecule has 7 aromatic rings. The molecule has 0 saturated carbocycles. The van der Waals surface area contributed by atoms with Crippen LogP contribution in [0.2, 0.25) is 0 Å². The number of hydrogen-bond acceptors (Lipinski definition) is 8. The van der Waals surface area contributed by atoms with Crippen LogP contribution in [0.1, 0.15) is 0 Å². The summed E-state index contributed by atoms with van der Waals surface area (Å²) >= 11 is 9.95. The SMILES string of the molecule is Brc1ccc(-c2nnc3sc(-c4ccc(-c5nn6c(-c7ccc(Br)cc7)nnc6s5)cc4)nn23)cc1. The van der Waals surface area contributed by atoms with E-state index in [1.807, 2.05) is 48.5 Å². The van der Waals surface area contributed by atoms with Crippen molar-refractivity contribution in [1.82, 2.24) is 39.6 Å². The zero-order valence-electron chi connectivity index (χ0n) is 18.1. The second kappa shape index (κ2) is 8.66. The van der Waals surface area contributed by atoms with E-state index in [0.717, 1.165) is 62.8 Å². The largest absolute Gasteiger partial charge is 0.235 e. The third-order valence-corrected chi connectivity index (χ3v) is 8.52. The van der Waals surface area contributed by atoms with Gasteiger partial charge in [-0.05, 0) is 24.3 Å². The van der Waals surface area contributed by atoms with Gasteiger partial charge >= 0.3 is 0 Å². The van der Waals surface area contributed by atoms with Gasteiger partial charge in [0, 0.05) is 31.2 Å². The Hall–Kier alpha value is -3.32. The van der Waals surface area contributed by atoms with Crippen LogP contribution in [-0.2, 0) is 0 Å². The summed E-state index contributed by atoms with van der Waals surface area (Å²) in [7, 11) is 0. The Morgan fingerprint density at radius 3 is 1.22 bits per heavy atom. The first-order chi connectivity index (χ1) is 17.6. The van der Waals surface area contributed by atoms with Gasteiger partial charge in [0.2, 0.25) is 9.92 Å². The Labute approximate surface area is 228 Å². The maximum Gasteiger partial charge on any atom is 0.235 e. The molecule has 0 aliphatic rings. The summed E-state index contributed by atoms with van der Waals surface area (Å²) in [5.41, 5.74) is 3.94. The fraction of sp³-hybridized carbons (Fsp3) is 0. The van der Waals surface area contributed by atoms with Crippen LogP contribution < -0.4 is 0 Å². The lowest BCUT2D eigenvalue weighted by Crippen LogP contribution is -1.91. The normalized spacial score (nSPS) is 11.6. The van der Waals surface area contributed by atoms with E-state index in [0.29, 0.717) is 0 Å². The summed E-state index contributed by atoms with van der Waals surface area (Å²) in [4.78, 5) is 1.50. The number of rotatable bonds is 4. The number of fused-ring (bicyclic) bond motifs is 2. The van der Waals surface area contributed by atoms with Gasteiger partial charge in [-0.2, -0.15) is 19.2 Å². The number of aromatic nitrogens is 8. The molecule has 0 radical (unpaired) electrons. The van der Waals surface area contributed by atoms with E-state index < -0.39 is 0 Å². The second-order valence-electron chi connectivity index (χ2n) is 7.84. The van der Waals surface area contributed by atoms with Gasteiger partial charge in [-0.1, -0.05) is 103 Å². The third-order valence-electron chi connectivity index (χ3n) is 5.57. The highest BCUT2D eigenvalue weighted by Gasteiger charge is 2.17. The minimum Gasteiger partial charge on any atom is -0.182 e. The number of nitrogens with zero attached hydrogens (tertiary/aromatic N) is 8. The van der Waals surface area contributed by atoms with E-state index in [4.69, 9.17) is 10.2 Å². The fourth-order valence-electron chi connectivity index (χ4n) is 3.78. The topological polar surface area (TPSA) is 86.2 Å². The molecule has 0 amide bonds. The molecule has 8 nitrogen and oxygen atoms in total. The molecule has 0 atom stereocenters. The first-order valence-electron chi connectivity index (χ1n) is 10.7. The van der Waals surface area contributed by atoms with Crippen molar-refractivity contribution in [3.63, 3.8) is 0 Å². The lowest BCUT2D eigenvalue weighted by molar-refractivity contribution is 0.969. The predicted molar refractivity (Wildman–Crippen MR) is 148 cm³/mol. The molecule has 36 heavy (non-hydrogen) atoms. The summed E-state index contributed by atoms with van der Waals surface area (Å²) in [6.07, 6.45) is 0. The molecule has 0 N–H and O–H groups in total. The van der Waals surface area contributed by atoms with Gasteiger partial charge in [0.1, 0.15) is 10.0 Å². The molecule has 3 aromatic carbocycles. The Kier molecular flexibility index (Phi) is 5.27. The van der Waals surface area contributed by atoms with Gasteiger partial charge in [-0.25, -0.2) is 0 Å². The van der Waals surface area contributed by atoms with Crippen molar-refractivity contribution in [3.8, 4) is 43.9 Å². The molecule has 0 spiro atoms.